The number of ether oxygens (including phenoxy) is 1. The highest BCUT2D eigenvalue weighted by Crippen LogP contribution is 2.40. The van der Waals surface area contributed by atoms with E-state index in [1.165, 1.54) is 24.0 Å². The number of carbonyl (C=O) groups is 2. The smallest absolute Gasteiger partial charge is 0.309 e. The molecule has 0 spiro atoms. The summed E-state index contributed by atoms with van der Waals surface area (Å²) in [5.74, 6) is 0.532. The third-order valence-corrected chi connectivity index (χ3v) is 6.86. The van der Waals surface area contributed by atoms with Crippen molar-refractivity contribution in [3.63, 3.8) is 0 Å². The monoisotopic (exact) mass is 398 g/mol. The molecule has 5 nitrogen and oxygen atoms in total. The van der Waals surface area contributed by atoms with Gasteiger partial charge in [-0.15, -0.1) is 0 Å². The number of carbonyl (C=O) groups excluding carboxylic acids is 2. The first kappa shape index (κ1) is 20.4. The van der Waals surface area contributed by atoms with Crippen molar-refractivity contribution in [1.82, 2.24) is 9.80 Å². The number of nitrogens with zero attached hydrogens (tertiary/aromatic N) is 2. The van der Waals surface area contributed by atoms with Crippen LogP contribution in [-0.2, 0) is 27.2 Å². The fraction of sp³-hybridized carbons (Fsp3) is 0.667. The van der Waals surface area contributed by atoms with Gasteiger partial charge in [0.05, 0.1) is 12.5 Å². The Morgan fingerprint density at radius 1 is 1.17 bits per heavy atom. The molecule has 0 bridgehead atoms. The van der Waals surface area contributed by atoms with Crippen molar-refractivity contribution in [3.8, 4) is 0 Å². The minimum atomic E-state index is -0.0870. The van der Waals surface area contributed by atoms with Crippen molar-refractivity contribution >= 4 is 11.9 Å². The van der Waals surface area contributed by atoms with Crippen LogP contribution in [0.4, 0.5) is 0 Å². The molecule has 3 atom stereocenters. The van der Waals surface area contributed by atoms with E-state index in [4.69, 9.17) is 4.74 Å². The van der Waals surface area contributed by atoms with Crippen LogP contribution in [0.15, 0.2) is 24.3 Å². The Morgan fingerprint density at radius 2 is 1.93 bits per heavy atom. The topological polar surface area (TPSA) is 49.9 Å². The number of benzene rings is 1. The molecule has 2 fully saturated rings. The highest BCUT2D eigenvalue weighted by atomic mass is 16.5. The number of likely N-dealkylation sites (tertiary alicyclic amines) is 1. The summed E-state index contributed by atoms with van der Waals surface area (Å²) in [5.41, 5.74) is 2.72. The molecule has 1 heterocycles. The first-order chi connectivity index (χ1) is 14.2. The molecule has 0 aromatic heterocycles. The highest BCUT2D eigenvalue weighted by Gasteiger charge is 2.46. The quantitative estimate of drug-likeness (QED) is 0.632. The average molecular weight is 399 g/mol. The minimum Gasteiger partial charge on any atom is -0.466 e. The van der Waals surface area contributed by atoms with Gasteiger partial charge in [0.25, 0.3) is 0 Å². The van der Waals surface area contributed by atoms with Gasteiger partial charge < -0.3 is 14.5 Å². The van der Waals surface area contributed by atoms with Gasteiger partial charge in [-0.3, -0.25) is 9.59 Å². The molecule has 0 unspecified atom stereocenters. The molecule has 0 N–H and O–H groups in total. The van der Waals surface area contributed by atoms with E-state index in [0.717, 1.165) is 51.9 Å². The summed E-state index contributed by atoms with van der Waals surface area (Å²) < 4.78 is 5.18. The van der Waals surface area contributed by atoms with Crippen LogP contribution in [0.5, 0.6) is 0 Å². The van der Waals surface area contributed by atoms with Crippen LogP contribution in [-0.4, -0.2) is 61.0 Å². The number of aryl methyl sites for hydroxylation is 1. The molecule has 1 amide bonds. The molecular formula is C24H34N2O3. The fourth-order valence-electron chi connectivity index (χ4n) is 5.00. The molecule has 1 saturated carbocycles. The molecule has 3 aliphatic rings. The van der Waals surface area contributed by atoms with Crippen molar-refractivity contribution in [3.05, 3.63) is 35.4 Å². The molecule has 1 saturated heterocycles. The van der Waals surface area contributed by atoms with Crippen LogP contribution in [0.1, 0.15) is 43.7 Å². The zero-order valence-corrected chi connectivity index (χ0v) is 17.6. The van der Waals surface area contributed by atoms with Crippen molar-refractivity contribution in [2.75, 3.05) is 39.3 Å². The number of amides is 1. The summed E-state index contributed by atoms with van der Waals surface area (Å²) in [6.07, 6.45) is 6.16. The average Bonchev–Trinajstić information content (AvgIpc) is 3.32. The zero-order chi connectivity index (χ0) is 20.2. The summed E-state index contributed by atoms with van der Waals surface area (Å²) in [5, 5.41) is 0. The van der Waals surface area contributed by atoms with Gasteiger partial charge in [-0.25, -0.2) is 0 Å². The van der Waals surface area contributed by atoms with E-state index < -0.39 is 0 Å². The summed E-state index contributed by atoms with van der Waals surface area (Å²) in [6, 6.07) is 8.52. The SMILES string of the molecule is CCOC(=O)[C@@H]1C[C@H]1CN(CCN1CCCC1)C(=O)[C@@H]1CCc2ccccc2C1. The Morgan fingerprint density at radius 3 is 2.69 bits per heavy atom. The van der Waals surface area contributed by atoms with E-state index in [0.29, 0.717) is 13.2 Å². The Balaban J connectivity index is 1.39. The molecule has 1 aliphatic heterocycles. The Kier molecular flexibility index (Phi) is 6.53. The van der Waals surface area contributed by atoms with E-state index in [9.17, 15) is 9.59 Å². The van der Waals surface area contributed by atoms with Crippen molar-refractivity contribution < 1.29 is 14.3 Å². The summed E-state index contributed by atoms with van der Waals surface area (Å²) in [4.78, 5) is 30.0. The summed E-state index contributed by atoms with van der Waals surface area (Å²) >= 11 is 0. The van der Waals surface area contributed by atoms with Gasteiger partial charge in [-0.1, -0.05) is 24.3 Å². The Labute approximate surface area is 174 Å². The molecule has 4 rings (SSSR count). The molecule has 1 aromatic carbocycles. The number of hydrogen-bond acceptors (Lipinski definition) is 4. The van der Waals surface area contributed by atoms with Gasteiger partial charge in [-0.05, 0) is 75.6 Å². The molecule has 29 heavy (non-hydrogen) atoms. The second kappa shape index (κ2) is 9.29. The molecule has 2 aliphatic carbocycles. The summed E-state index contributed by atoms with van der Waals surface area (Å²) in [6.45, 7) is 7.01. The normalized spacial score (nSPS) is 26.0. The molecular weight excluding hydrogens is 364 g/mol. The van der Waals surface area contributed by atoms with Crippen LogP contribution in [0, 0.1) is 17.8 Å². The van der Waals surface area contributed by atoms with E-state index in [2.05, 4.69) is 34.1 Å². The van der Waals surface area contributed by atoms with Crippen LogP contribution in [0.25, 0.3) is 0 Å². The molecule has 0 radical (unpaired) electrons. The molecule has 1 aromatic rings. The second-order valence-electron chi connectivity index (χ2n) is 8.90. The lowest BCUT2D eigenvalue weighted by Gasteiger charge is -2.31. The second-order valence-corrected chi connectivity index (χ2v) is 8.90. The fourth-order valence-corrected chi connectivity index (χ4v) is 5.00. The predicted octanol–water partition coefficient (Wildman–Crippen LogP) is 2.92. The number of esters is 1. The third kappa shape index (κ3) is 5.00. The highest BCUT2D eigenvalue weighted by molar-refractivity contribution is 5.80. The lowest BCUT2D eigenvalue weighted by atomic mass is 9.83. The number of hydrogen-bond donors (Lipinski definition) is 0. The van der Waals surface area contributed by atoms with Crippen LogP contribution in [0.2, 0.25) is 0 Å². The van der Waals surface area contributed by atoms with Crippen LogP contribution < -0.4 is 0 Å². The van der Waals surface area contributed by atoms with Crippen LogP contribution in [0.3, 0.4) is 0 Å². The Bertz CT molecular complexity index is 729. The van der Waals surface area contributed by atoms with E-state index >= 15 is 0 Å². The number of fused-ring (bicyclic) bond motifs is 1. The predicted molar refractivity (Wildman–Crippen MR) is 112 cm³/mol. The largest absolute Gasteiger partial charge is 0.466 e. The van der Waals surface area contributed by atoms with Gasteiger partial charge in [0, 0.05) is 25.6 Å². The first-order valence-electron chi connectivity index (χ1n) is 11.4. The maximum atomic E-state index is 13.5. The molecule has 5 heteroatoms. The minimum absolute atomic E-state index is 0.0101. The van der Waals surface area contributed by atoms with Gasteiger partial charge in [-0.2, -0.15) is 0 Å². The maximum Gasteiger partial charge on any atom is 0.309 e. The van der Waals surface area contributed by atoms with E-state index in [1.54, 1.807) is 0 Å². The van der Waals surface area contributed by atoms with Crippen molar-refractivity contribution in [2.24, 2.45) is 17.8 Å². The van der Waals surface area contributed by atoms with Crippen LogP contribution >= 0.6 is 0 Å². The van der Waals surface area contributed by atoms with Gasteiger partial charge >= 0.3 is 5.97 Å². The maximum absolute atomic E-state index is 13.5. The van der Waals surface area contributed by atoms with E-state index in [1.807, 2.05) is 6.92 Å². The summed E-state index contributed by atoms with van der Waals surface area (Å²) in [7, 11) is 0. The molecule has 158 valence electrons. The van der Waals surface area contributed by atoms with Crippen molar-refractivity contribution in [2.45, 2.75) is 45.4 Å². The van der Waals surface area contributed by atoms with Crippen molar-refractivity contribution in [1.29, 1.82) is 0 Å². The standard InChI is InChI=1S/C24H34N2O3/c1-2-29-24(28)22-16-21(22)17-26(14-13-25-11-5-6-12-25)23(27)20-10-9-18-7-3-4-8-19(18)15-20/h3-4,7-8,20-22H,2,5-6,9-17H2,1H3/t20-,21+,22-/m1/s1. The van der Waals surface area contributed by atoms with Gasteiger partial charge in [0.2, 0.25) is 5.91 Å². The lowest BCUT2D eigenvalue weighted by molar-refractivity contribution is -0.145. The Hall–Kier alpha value is -1.88. The lowest BCUT2D eigenvalue weighted by Crippen LogP contribution is -2.43. The van der Waals surface area contributed by atoms with Gasteiger partial charge in [0.1, 0.15) is 0 Å². The van der Waals surface area contributed by atoms with E-state index in [-0.39, 0.29) is 29.6 Å². The third-order valence-electron chi connectivity index (χ3n) is 6.86. The first-order valence-corrected chi connectivity index (χ1v) is 11.4. The van der Waals surface area contributed by atoms with Gasteiger partial charge in [0.15, 0.2) is 0 Å². The number of rotatable bonds is 8. The zero-order valence-electron chi connectivity index (χ0n) is 17.6.